The molecule has 1 aromatic carbocycles. The van der Waals surface area contributed by atoms with E-state index in [9.17, 15) is 4.79 Å². The molecule has 6 heteroatoms. The molecule has 1 saturated heterocycles. The van der Waals surface area contributed by atoms with Crippen molar-refractivity contribution in [3.05, 3.63) is 60.0 Å². The third-order valence-corrected chi connectivity index (χ3v) is 4.56. The van der Waals surface area contributed by atoms with Crippen LogP contribution in [0.2, 0.25) is 0 Å². The minimum absolute atomic E-state index is 0.0228. The van der Waals surface area contributed by atoms with Gasteiger partial charge in [-0.2, -0.15) is 0 Å². The van der Waals surface area contributed by atoms with E-state index < -0.39 is 0 Å². The molecule has 2 atom stereocenters. The molecule has 0 saturated carbocycles. The van der Waals surface area contributed by atoms with Gasteiger partial charge in [0.2, 0.25) is 0 Å². The molecule has 1 aliphatic rings. The minimum atomic E-state index is -0.376. The molecule has 0 spiro atoms. The zero-order valence-corrected chi connectivity index (χ0v) is 14.0. The monoisotopic (exact) mass is 337 g/mol. The number of fused-ring (bicyclic) bond motifs is 1. The Balaban J connectivity index is 1.43. The summed E-state index contributed by atoms with van der Waals surface area (Å²) in [5.41, 5.74) is 2.96. The molecule has 3 aromatic rings. The quantitative estimate of drug-likeness (QED) is 0.685. The third-order valence-electron chi connectivity index (χ3n) is 4.56. The zero-order chi connectivity index (χ0) is 17.2. The molecule has 2 unspecified atom stereocenters. The molecule has 1 aliphatic heterocycles. The maximum atomic E-state index is 12.4. The summed E-state index contributed by atoms with van der Waals surface area (Å²) >= 11 is 0. The molecule has 0 bridgehead atoms. The Kier molecular flexibility index (Phi) is 4.19. The van der Waals surface area contributed by atoms with E-state index in [1.165, 1.54) is 6.20 Å². The lowest BCUT2D eigenvalue weighted by atomic mass is 9.96. The predicted octanol–water partition coefficient (Wildman–Crippen LogP) is 2.90. The summed E-state index contributed by atoms with van der Waals surface area (Å²) in [6.07, 6.45) is 4.06. The smallest absolute Gasteiger partial charge is 0.339 e. The van der Waals surface area contributed by atoms with Gasteiger partial charge in [-0.3, -0.25) is 0 Å². The number of nitrogens with zero attached hydrogens (tertiary/aromatic N) is 3. The maximum Gasteiger partial charge on any atom is 0.339 e. The average molecular weight is 337 g/mol. The molecule has 1 fully saturated rings. The molecular weight excluding hydrogens is 318 g/mol. The van der Waals surface area contributed by atoms with Crippen LogP contribution < -0.4 is 0 Å². The van der Waals surface area contributed by atoms with Crippen LogP contribution in [0.5, 0.6) is 0 Å². The number of hydrogen-bond acceptors (Lipinski definition) is 5. The summed E-state index contributed by atoms with van der Waals surface area (Å²) in [7, 11) is 1.87. The number of pyridine rings is 1. The number of ether oxygens (including phenoxy) is 2. The van der Waals surface area contributed by atoms with Gasteiger partial charge in [-0.05, 0) is 18.1 Å². The van der Waals surface area contributed by atoms with Gasteiger partial charge in [-0.15, -0.1) is 0 Å². The number of carbonyl (C=O) groups excluding carboxylic acids is 1. The molecule has 4 rings (SSSR count). The molecular formula is C19H19N3O3. The largest absolute Gasteiger partial charge is 0.462 e. The van der Waals surface area contributed by atoms with Crippen molar-refractivity contribution in [2.45, 2.75) is 12.5 Å². The lowest BCUT2D eigenvalue weighted by Gasteiger charge is -2.18. The van der Waals surface area contributed by atoms with Crippen LogP contribution in [-0.2, 0) is 16.5 Å². The Morgan fingerprint density at radius 3 is 3.00 bits per heavy atom. The van der Waals surface area contributed by atoms with E-state index >= 15 is 0 Å². The van der Waals surface area contributed by atoms with Crippen LogP contribution in [-0.4, -0.2) is 33.7 Å². The van der Waals surface area contributed by atoms with Crippen LogP contribution >= 0.6 is 0 Å². The molecule has 0 N–H and O–H groups in total. The normalized spacial score (nSPS) is 20.0. The Bertz CT molecular complexity index is 891. The van der Waals surface area contributed by atoms with Crippen molar-refractivity contribution in [1.82, 2.24) is 14.5 Å². The minimum Gasteiger partial charge on any atom is -0.462 e. The van der Waals surface area contributed by atoms with Gasteiger partial charge in [-0.25, -0.2) is 14.8 Å². The van der Waals surface area contributed by atoms with E-state index in [0.717, 1.165) is 17.6 Å². The van der Waals surface area contributed by atoms with Gasteiger partial charge in [0.1, 0.15) is 5.52 Å². The highest BCUT2D eigenvalue weighted by molar-refractivity contribution is 5.92. The van der Waals surface area contributed by atoms with Crippen LogP contribution in [0.4, 0.5) is 0 Å². The molecule has 6 nitrogen and oxygen atoms in total. The summed E-state index contributed by atoms with van der Waals surface area (Å²) in [4.78, 5) is 20.9. The molecule has 0 radical (unpaired) electrons. The Morgan fingerprint density at radius 1 is 1.32 bits per heavy atom. The van der Waals surface area contributed by atoms with Gasteiger partial charge in [-0.1, -0.05) is 30.3 Å². The topological polar surface area (TPSA) is 66.2 Å². The van der Waals surface area contributed by atoms with Gasteiger partial charge in [0.25, 0.3) is 0 Å². The molecule has 25 heavy (non-hydrogen) atoms. The number of aromatic nitrogens is 3. The molecule has 128 valence electrons. The summed E-state index contributed by atoms with van der Waals surface area (Å²) in [6.45, 7) is 1.02. The summed E-state index contributed by atoms with van der Waals surface area (Å²) < 4.78 is 13.2. The predicted molar refractivity (Wildman–Crippen MR) is 92.0 cm³/mol. The lowest BCUT2D eigenvalue weighted by molar-refractivity contribution is 0.0306. The molecule has 0 amide bonds. The van der Waals surface area contributed by atoms with Crippen LogP contribution in [0.1, 0.15) is 28.4 Å². The lowest BCUT2D eigenvalue weighted by Crippen LogP contribution is -2.17. The molecule has 3 heterocycles. The second kappa shape index (κ2) is 6.64. The SMILES string of the molecule is Cn1cnc2cc(C(=O)OCC3CCOC3c3ccccc3)cnc21. The first-order chi connectivity index (χ1) is 12.2. The van der Waals surface area contributed by atoms with Gasteiger partial charge in [0.15, 0.2) is 5.65 Å². The average Bonchev–Trinajstić information content (AvgIpc) is 3.27. The van der Waals surface area contributed by atoms with Crippen molar-refractivity contribution < 1.29 is 14.3 Å². The number of aryl methyl sites for hydroxylation is 1. The zero-order valence-electron chi connectivity index (χ0n) is 14.0. The van der Waals surface area contributed by atoms with Crippen molar-refractivity contribution in [3.8, 4) is 0 Å². The number of hydrogen-bond donors (Lipinski definition) is 0. The van der Waals surface area contributed by atoms with Crippen molar-refractivity contribution in [2.75, 3.05) is 13.2 Å². The van der Waals surface area contributed by atoms with Gasteiger partial charge in [0, 0.05) is 25.8 Å². The van der Waals surface area contributed by atoms with Crippen LogP contribution in [0, 0.1) is 5.92 Å². The fraction of sp³-hybridized carbons (Fsp3) is 0.316. The fourth-order valence-electron chi connectivity index (χ4n) is 3.21. The van der Waals surface area contributed by atoms with Crippen LogP contribution in [0.25, 0.3) is 11.2 Å². The van der Waals surface area contributed by atoms with E-state index in [4.69, 9.17) is 9.47 Å². The molecule has 2 aromatic heterocycles. The Labute approximate surface area is 145 Å². The molecule has 0 aliphatic carbocycles. The van der Waals surface area contributed by atoms with Gasteiger partial charge >= 0.3 is 5.97 Å². The highest BCUT2D eigenvalue weighted by atomic mass is 16.5. The van der Waals surface area contributed by atoms with Crippen LogP contribution in [0.3, 0.4) is 0 Å². The van der Waals surface area contributed by atoms with Crippen molar-refractivity contribution >= 4 is 17.1 Å². The highest BCUT2D eigenvalue weighted by Gasteiger charge is 2.30. The van der Waals surface area contributed by atoms with Crippen LogP contribution in [0.15, 0.2) is 48.9 Å². The summed E-state index contributed by atoms with van der Waals surface area (Å²) in [5, 5.41) is 0. The number of imidazole rings is 1. The maximum absolute atomic E-state index is 12.4. The van der Waals surface area contributed by atoms with E-state index in [1.54, 1.807) is 12.4 Å². The van der Waals surface area contributed by atoms with Gasteiger partial charge < -0.3 is 14.0 Å². The first-order valence-corrected chi connectivity index (χ1v) is 8.33. The summed E-state index contributed by atoms with van der Waals surface area (Å²) in [6, 6.07) is 11.8. The number of benzene rings is 1. The van der Waals surface area contributed by atoms with Crippen molar-refractivity contribution in [1.29, 1.82) is 0 Å². The van der Waals surface area contributed by atoms with E-state index in [0.29, 0.717) is 24.3 Å². The first kappa shape index (κ1) is 15.8. The highest BCUT2D eigenvalue weighted by Crippen LogP contribution is 2.34. The first-order valence-electron chi connectivity index (χ1n) is 8.33. The van der Waals surface area contributed by atoms with E-state index in [-0.39, 0.29) is 18.0 Å². The van der Waals surface area contributed by atoms with Crippen molar-refractivity contribution in [3.63, 3.8) is 0 Å². The van der Waals surface area contributed by atoms with E-state index in [1.807, 2.05) is 41.9 Å². The summed E-state index contributed by atoms with van der Waals surface area (Å²) in [5.74, 6) is -0.211. The second-order valence-electron chi connectivity index (χ2n) is 6.27. The van der Waals surface area contributed by atoms with Crippen molar-refractivity contribution in [2.24, 2.45) is 13.0 Å². The number of carbonyl (C=O) groups is 1. The fourth-order valence-corrected chi connectivity index (χ4v) is 3.21. The van der Waals surface area contributed by atoms with Gasteiger partial charge in [0.05, 0.1) is 24.6 Å². The second-order valence-corrected chi connectivity index (χ2v) is 6.27. The Hall–Kier alpha value is -2.73. The number of rotatable bonds is 4. The third kappa shape index (κ3) is 3.13. The van der Waals surface area contributed by atoms with E-state index in [2.05, 4.69) is 9.97 Å². The Morgan fingerprint density at radius 2 is 2.16 bits per heavy atom. The number of esters is 1. The standard InChI is InChI=1S/C19H19N3O3/c1-22-12-21-16-9-15(10-20-18(16)22)19(23)25-11-14-7-8-24-17(14)13-5-3-2-4-6-13/h2-6,9-10,12,14,17H,7-8,11H2,1H3.